The zero-order valence-electron chi connectivity index (χ0n) is 12.3. The number of nitrogens with zero attached hydrogens (tertiary/aromatic N) is 1. The van der Waals surface area contributed by atoms with Gasteiger partial charge >= 0.3 is 6.18 Å². The molecule has 0 N–H and O–H groups in total. The molecule has 25 heavy (non-hydrogen) atoms. The molecule has 1 aromatic carbocycles. The molecule has 0 spiro atoms. The lowest BCUT2D eigenvalue weighted by Gasteiger charge is -2.12. The summed E-state index contributed by atoms with van der Waals surface area (Å²) in [4.78, 5) is 17.2. The second-order valence-electron chi connectivity index (χ2n) is 5.09. The summed E-state index contributed by atoms with van der Waals surface area (Å²) in [5.41, 5.74) is -1.37. The van der Waals surface area contributed by atoms with Crippen molar-refractivity contribution < 1.29 is 18.0 Å². The van der Waals surface area contributed by atoms with Crippen LogP contribution in [0.1, 0.15) is 15.2 Å². The lowest BCUT2D eigenvalue weighted by atomic mass is 10.0. The fraction of sp³-hybridized carbons (Fsp3) is 0.0588. The molecule has 0 bridgehead atoms. The Bertz CT molecular complexity index is 942. The molecule has 8 heteroatoms. The van der Waals surface area contributed by atoms with E-state index in [-0.39, 0.29) is 20.5 Å². The lowest BCUT2D eigenvalue weighted by Crippen LogP contribution is -2.12. The Morgan fingerprint density at radius 2 is 1.80 bits per heavy atom. The normalized spacial score (nSPS) is 12.6. The van der Waals surface area contributed by atoms with Crippen LogP contribution >= 0.6 is 34.5 Å². The molecular formula is C17H8Cl2F3NOS. The number of carbonyl (C=O) groups excluding carboxylic acids is 1. The van der Waals surface area contributed by atoms with Crippen LogP contribution in [-0.2, 0) is 0 Å². The van der Waals surface area contributed by atoms with E-state index in [2.05, 4.69) is 4.98 Å². The highest BCUT2D eigenvalue weighted by atomic mass is 35.5. The van der Waals surface area contributed by atoms with E-state index in [1.165, 1.54) is 12.1 Å². The number of rotatable bonds is 3. The third-order valence-electron chi connectivity index (χ3n) is 3.29. The lowest BCUT2D eigenvalue weighted by molar-refractivity contribution is -0.0689. The highest BCUT2D eigenvalue weighted by Crippen LogP contribution is 2.37. The third kappa shape index (κ3) is 4.03. The molecule has 3 aromatic rings. The average molecular weight is 402 g/mol. The number of alkyl halides is 3. The fourth-order valence-electron chi connectivity index (χ4n) is 2.24. The van der Waals surface area contributed by atoms with Crippen LogP contribution in [0.25, 0.3) is 15.8 Å². The molecule has 2 heterocycles. The first kappa shape index (κ1) is 17.9. The van der Waals surface area contributed by atoms with Gasteiger partial charge in [0.05, 0.1) is 10.5 Å². The highest BCUT2D eigenvalue weighted by Gasteiger charge is 2.35. The van der Waals surface area contributed by atoms with Crippen molar-refractivity contribution in [1.29, 1.82) is 0 Å². The second-order valence-corrected chi connectivity index (χ2v) is 6.99. The quantitative estimate of drug-likeness (QED) is 0.373. The van der Waals surface area contributed by atoms with Crippen molar-refractivity contribution in [3.63, 3.8) is 0 Å². The van der Waals surface area contributed by atoms with Gasteiger partial charge in [-0.3, -0.25) is 4.79 Å². The topological polar surface area (TPSA) is 30.0 Å². The van der Waals surface area contributed by atoms with Crippen LogP contribution in [0.15, 0.2) is 48.7 Å². The smallest absolute Gasteiger partial charge is 0.288 e. The molecule has 0 unspecified atom stereocenters. The maximum absolute atomic E-state index is 13.4. The maximum atomic E-state index is 13.4. The minimum absolute atomic E-state index is 0.0520. The van der Waals surface area contributed by atoms with Crippen LogP contribution in [0.4, 0.5) is 13.2 Å². The van der Waals surface area contributed by atoms with Gasteiger partial charge in [0, 0.05) is 21.6 Å². The van der Waals surface area contributed by atoms with Crippen LogP contribution in [-0.4, -0.2) is 16.9 Å². The SMILES string of the molecule is O=C(/C=C(/c1cc(Cl)cc(Cl)c1)C(F)(F)F)c1cc2cccnc2s1. The highest BCUT2D eigenvalue weighted by molar-refractivity contribution is 7.20. The second kappa shape index (κ2) is 6.78. The van der Waals surface area contributed by atoms with Gasteiger partial charge in [0.2, 0.25) is 0 Å². The van der Waals surface area contributed by atoms with Crippen LogP contribution < -0.4 is 0 Å². The number of ketones is 1. The Morgan fingerprint density at radius 1 is 1.12 bits per heavy atom. The van der Waals surface area contributed by atoms with Crippen molar-refractivity contribution in [1.82, 2.24) is 4.98 Å². The largest absolute Gasteiger partial charge is 0.417 e. The van der Waals surface area contributed by atoms with Crippen molar-refractivity contribution in [3.8, 4) is 0 Å². The summed E-state index contributed by atoms with van der Waals surface area (Å²) in [6.45, 7) is 0. The van der Waals surface area contributed by atoms with Crippen molar-refractivity contribution in [3.05, 3.63) is 69.2 Å². The van der Waals surface area contributed by atoms with Gasteiger partial charge in [0.1, 0.15) is 4.83 Å². The summed E-state index contributed by atoms with van der Waals surface area (Å²) in [6.07, 6.45) is -2.62. The molecular weight excluding hydrogens is 394 g/mol. The molecule has 0 radical (unpaired) electrons. The summed E-state index contributed by atoms with van der Waals surface area (Å²) in [6, 6.07) is 8.50. The monoisotopic (exact) mass is 401 g/mol. The molecule has 0 saturated carbocycles. The first-order valence-corrected chi connectivity index (χ1v) is 8.45. The van der Waals surface area contributed by atoms with Gasteiger partial charge in [-0.15, -0.1) is 11.3 Å². The molecule has 0 fully saturated rings. The number of halogens is 5. The first-order chi connectivity index (χ1) is 11.7. The van der Waals surface area contributed by atoms with Crippen LogP contribution in [0.3, 0.4) is 0 Å². The summed E-state index contributed by atoms with van der Waals surface area (Å²) < 4.78 is 40.3. The van der Waals surface area contributed by atoms with Gasteiger partial charge in [0.25, 0.3) is 0 Å². The first-order valence-electron chi connectivity index (χ1n) is 6.88. The summed E-state index contributed by atoms with van der Waals surface area (Å²) in [5, 5.41) is 0.802. The third-order valence-corrected chi connectivity index (χ3v) is 4.80. The van der Waals surface area contributed by atoms with Gasteiger partial charge < -0.3 is 0 Å². The number of carbonyl (C=O) groups is 1. The fourth-order valence-corrected chi connectivity index (χ4v) is 3.67. The molecule has 0 saturated heterocycles. The Morgan fingerprint density at radius 3 is 2.40 bits per heavy atom. The molecule has 128 valence electrons. The molecule has 0 atom stereocenters. The Hall–Kier alpha value is -1.89. The average Bonchev–Trinajstić information content (AvgIpc) is 2.94. The van der Waals surface area contributed by atoms with E-state index in [4.69, 9.17) is 23.2 Å². The van der Waals surface area contributed by atoms with Crippen molar-refractivity contribution in [2.75, 3.05) is 0 Å². The summed E-state index contributed by atoms with van der Waals surface area (Å²) in [5.74, 6) is -0.758. The Balaban J connectivity index is 2.07. The van der Waals surface area contributed by atoms with E-state index in [1.807, 2.05) is 0 Å². The van der Waals surface area contributed by atoms with E-state index >= 15 is 0 Å². The Labute approximate surface area is 154 Å². The number of hydrogen-bond donors (Lipinski definition) is 0. The van der Waals surface area contributed by atoms with Gasteiger partial charge in [0.15, 0.2) is 5.78 Å². The standard InChI is InChI=1S/C17H8Cl2F3NOS/c18-11-4-10(5-12(19)7-11)13(17(20,21)22)8-14(24)15-6-9-2-1-3-23-16(9)25-15/h1-8H/b13-8-. The zero-order valence-corrected chi connectivity index (χ0v) is 14.6. The summed E-state index contributed by atoms with van der Waals surface area (Å²) >= 11 is 12.6. The predicted molar refractivity (Wildman–Crippen MR) is 94.4 cm³/mol. The van der Waals surface area contributed by atoms with Gasteiger partial charge in [-0.05, 0) is 42.0 Å². The molecule has 0 amide bonds. The van der Waals surface area contributed by atoms with E-state index in [9.17, 15) is 18.0 Å². The van der Waals surface area contributed by atoms with E-state index in [0.29, 0.717) is 16.3 Å². The molecule has 0 aliphatic carbocycles. The van der Waals surface area contributed by atoms with Crippen LogP contribution in [0.5, 0.6) is 0 Å². The van der Waals surface area contributed by atoms with Gasteiger partial charge in [-0.1, -0.05) is 29.3 Å². The number of fused-ring (bicyclic) bond motifs is 1. The molecule has 2 nitrogen and oxygen atoms in total. The molecule has 2 aromatic heterocycles. The molecule has 0 aliphatic heterocycles. The van der Waals surface area contributed by atoms with E-state index in [0.717, 1.165) is 23.5 Å². The van der Waals surface area contributed by atoms with E-state index < -0.39 is 17.5 Å². The molecule has 0 aliphatic rings. The number of hydrogen-bond acceptors (Lipinski definition) is 3. The minimum Gasteiger partial charge on any atom is -0.288 e. The minimum atomic E-state index is -4.74. The maximum Gasteiger partial charge on any atom is 0.417 e. The number of aromatic nitrogens is 1. The van der Waals surface area contributed by atoms with Gasteiger partial charge in [-0.25, -0.2) is 4.98 Å². The van der Waals surface area contributed by atoms with Crippen LogP contribution in [0, 0.1) is 0 Å². The van der Waals surface area contributed by atoms with Crippen molar-refractivity contribution in [2.24, 2.45) is 0 Å². The molecule has 3 rings (SSSR count). The number of allylic oxidation sites excluding steroid dienone is 2. The predicted octanol–water partition coefficient (Wildman–Crippen LogP) is 6.43. The van der Waals surface area contributed by atoms with Crippen molar-refractivity contribution >= 4 is 56.1 Å². The number of pyridine rings is 1. The van der Waals surface area contributed by atoms with Crippen molar-refractivity contribution in [2.45, 2.75) is 6.18 Å². The van der Waals surface area contributed by atoms with Crippen LogP contribution in [0.2, 0.25) is 10.0 Å². The number of benzene rings is 1. The van der Waals surface area contributed by atoms with E-state index in [1.54, 1.807) is 18.3 Å². The van der Waals surface area contributed by atoms with Gasteiger partial charge in [-0.2, -0.15) is 13.2 Å². The number of thiophene rings is 1. The zero-order chi connectivity index (χ0) is 18.2. The Kier molecular flexibility index (Phi) is 4.86. The summed E-state index contributed by atoms with van der Waals surface area (Å²) in [7, 11) is 0.